The van der Waals surface area contributed by atoms with Crippen LogP contribution in [0.1, 0.15) is 30.3 Å². The highest BCUT2D eigenvalue weighted by Gasteiger charge is 2.22. The van der Waals surface area contributed by atoms with Crippen molar-refractivity contribution >= 4 is 17.5 Å². The molecule has 2 amide bonds. The molecule has 0 bridgehead atoms. The summed E-state index contributed by atoms with van der Waals surface area (Å²) in [4.78, 5) is 30.4. The quantitative estimate of drug-likeness (QED) is 0.812. The van der Waals surface area contributed by atoms with Crippen LogP contribution in [0.25, 0.3) is 0 Å². The second kappa shape index (κ2) is 8.57. The zero-order chi connectivity index (χ0) is 18.4. The van der Waals surface area contributed by atoms with E-state index in [0.29, 0.717) is 24.5 Å². The number of rotatable bonds is 7. The van der Waals surface area contributed by atoms with E-state index in [1.807, 2.05) is 6.92 Å². The predicted octanol–water partition coefficient (Wildman–Crippen LogP) is 1.56. The Kier molecular flexibility index (Phi) is 5.96. The maximum atomic E-state index is 12.5. The molecule has 3 heterocycles. The second-order valence-corrected chi connectivity index (χ2v) is 6.16. The van der Waals surface area contributed by atoms with Crippen LogP contribution in [-0.4, -0.2) is 57.3 Å². The fraction of sp³-hybridized carbons (Fsp3) is 0.444. The van der Waals surface area contributed by atoms with Gasteiger partial charge in [0.1, 0.15) is 12.2 Å². The van der Waals surface area contributed by atoms with Crippen LogP contribution in [0, 0.1) is 0 Å². The van der Waals surface area contributed by atoms with Gasteiger partial charge in [0.05, 0.1) is 18.0 Å². The minimum absolute atomic E-state index is 0.0197. The lowest BCUT2D eigenvalue weighted by Crippen LogP contribution is -2.39. The number of hydrogen-bond donors (Lipinski definition) is 1. The van der Waals surface area contributed by atoms with E-state index < -0.39 is 0 Å². The lowest BCUT2D eigenvalue weighted by Gasteiger charge is -2.23. The van der Waals surface area contributed by atoms with Gasteiger partial charge < -0.3 is 15.0 Å². The minimum Gasteiger partial charge on any atom is -0.376 e. The third-order valence-corrected chi connectivity index (χ3v) is 4.27. The number of ether oxygens (including phenoxy) is 1. The van der Waals surface area contributed by atoms with E-state index in [1.54, 1.807) is 35.5 Å². The molecule has 2 aromatic rings. The van der Waals surface area contributed by atoms with Crippen molar-refractivity contribution in [3.63, 3.8) is 0 Å². The van der Waals surface area contributed by atoms with Gasteiger partial charge in [-0.15, -0.1) is 0 Å². The number of carbonyl (C=O) groups excluding carboxylic acids is 2. The number of hydrogen-bond acceptors (Lipinski definition) is 5. The Morgan fingerprint density at radius 3 is 3.00 bits per heavy atom. The summed E-state index contributed by atoms with van der Waals surface area (Å²) in [6.45, 7) is 4.09. The summed E-state index contributed by atoms with van der Waals surface area (Å²) < 4.78 is 7.13. The molecule has 0 aliphatic carbocycles. The van der Waals surface area contributed by atoms with Crippen LogP contribution in [0.2, 0.25) is 0 Å². The molecule has 2 aromatic heterocycles. The third kappa shape index (κ3) is 4.66. The van der Waals surface area contributed by atoms with E-state index in [0.717, 1.165) is 19.4 Å². The van der Waals surface area contributed by atoms with Crippen molar-refractivity contribution in [1.29, 1.82) is 0 Å². The topological polar surface area (TPSA) is 89.4 Å². The van der Waals surface area contributed by atoms with Gasteiger partial charge in [-0.25, -0.2) is 0 Å². The number of aromatic nitrogens is 3. The van der Waals surface area contributed by atoms with Crippen LogP contribution in [0.15, 0.2) is 36.8 Å². The Morgan fingerprint density at radius 1 is 1.42 bits per heavy atom. The number of pyridine rings is 1. The average Bonchev–Trinajstić information content (AvgIpc) is 3.32. The van der Waals surface area contributed by atoms with E-state index in [9.17, 15) is 9.59 Å². The highest BCUT2D eigenvalue weighted by Crippen LogP contribution is 2.14. The van der Waals surface area contributed by atoms with Gasteiger partial charge >= 0.3 is 0 Å². The zero-order valence-corrected chi connectivity index (χ0v) is 14.8. The highest BCUT2D eigenvalue weighted by molar-refractivity contribution is 6.02. The summed E-state index contributed by atoms with van der Waals surface area (Å²) in [7, 11) is 0. The molecule has 0 aromatic carbocycles. The Bertz CT molecular complexity index is 740. The van der Waals surface area contributed by atoms with Crippen LogP contribution in [0.4, 0.5) is 5.69 Å². The fourth-order valence-corrected chi connectivity index (χ4v) is 2.89. The third-order valence-electron chi connectivity index (χ3n) is 4.27. The Hall–Kier alpha value is -2.74. The maximum absolute atomic E-state index is 12.5. The van der Waals surface area contributed by atoms with Gasteiger partial charge in [-0.3, -0.25) is 19.3 Å². The molecule has 1 aliphatic rings. The number of anilines is 1. The molecule has 8 heteroatoms. The summed E-state index contributed by atoms with van der Waals surface area (Å²) in [5, 5.41) is 6.88. The van der Waals surface area contributed by atoms with Crippen LogP contribution in [0.3, 0.4) is 0 Å². The molecular formula is C18H23N5O3. The molecule has 3 rings (SSSR count). The number of carbonyl (C=O) groups is 2. The molecular weight excluding hydrogens is 334 g/mol. The van der Waals surface area contributed by atoms with Crippen LogP contribution >= 0.6 is 0 Å². The maximum Gasteiger partial charge on any atom is 0.274 e. The summed E-state index contributed by atoms with van der Waals surface area (Å²) in [5.74, 6) is -0.334. The van der Waals surface area contributed by atoms with E-state index in [4.69, 9.17) is 4.74 Å². The molecule has 1 aliphatic heterocycles. The van der Waals surface area contributed by atoms with Crippen LogP contribution < -0.4 is 5.32 Å². The molecule has 0 spiro atoms. The van der Waals surface area contributed by atoms with Gasteiger partial charge in [-0.2, -0.15) is 5.10 Å². The second-order valence-electron chi connectivity index (χ2n) is 6.16. The fourth-order valence-electron chi connectivity index (χ4n) is 2.89. The average molecular weight is 357 g/mol. The normalized spacial score (nSPS) is 16.4. The number of nitrogens with one attached hydrogen (secondary N) is 1. The number of nitrogens with zero attached hydrogens (tertiary/aromatic N) is 4. The lowest BCUT2D eigenvalue weighted by molar-refractivity contribution is -0.133. The molecule has 8 nitrogen and oxygen atoms in total. The zero-order valence-electron chi connectivity index (χ0n) is 14.8. The van der Waals surface area contributed by atoms with Crippen molar-refractivity contribution in [3.8, 4) is 0 Å². The number of likely N-dealkylation sites (N-methyl/N-ethyl adjacent to an activating group) is 1. The SMILES string of the molecule is CCN(CC1CCCO1)C(=O)Cn1cc(NC(=O)c2ccccn2)cn1. The molecule has 1 N–H and O–H groups in total. The van der Waals surface area contributed by atoms with Crippen molar-refractivity contribution in [2.75, 3.05) is 25.0 Å². The van der Waals surface area contributed by atoms with Crippen molar-refractivity contribution in [2.45, 2.75) is 32.4 Å². The van der Waals surface area contributed by atoms with Crippen molar-refractivity contribution in [1.82, 2.24) is 19.7 Å². The van der Waals surface area contributed by atoms with Crippen molar-refractivity contribution < 1.29 is 14.3 Å². The van der Waals surface area contributed by atoms with Crippen LogP contribution in [0.5, 0.6) is 0 Å². The van der Waals surface area contributed by atoms with Crippen molar-refractivity contribution in [2.24, 2.45) is 0 Å². The molecule has 1 saturated heterocycles. The molecule has 0 saturated carbocycles. The summed E-state index contributed by atoms with van der Waals surface area (Å²) in [5.41, 5.74) is 0.848. The van der Waals surface area contributed by atoms with E-state index >= 15 is 0 Å². The van der Waals surface area contributed by atoms with Gasteiger partial charge in [0.15, 0.2) is 0 Å². The molecule has 1 unspecified atom stereocenters. The Balaban J connectivity index is 1.55. The first kappa shape index (κ1) is 18.1. The molecule has 1 fully saturated rings. The van der Waals surface area contributed by atoms with E-state index in [-0.39, 0.29) is 24.5 Å². The van der Waals surface area contributed by atoms with Gasteiger partial charge in [-0.05, 0) is 31.9 Å². The summed E-state index contributed by atoms with van der Waals surface area (Å²) in [6.07, 6.45) is 6.89. The highest BCUT2D eigenvalue weighted by atomic mass is 16.5. The van der Waals surface area contributed by atoms with E-state index in [1.165, 1.54) is 10.9 Å². The Labute approximate surface area is 152 Å². The summed E-state index contributed by atoms with van der Waals surface area (Å²) >= 11 is 0. The number of amides is 2. The first-order chi connectivity index (χ1) is 12.7. The monoisotopic (exact) mass is 357 g/mol. The van der Waals surface area contributed by atoms with Gasteiger partial charge in [0.25, 0.3) is 5.91 Å². The van der Waals surface area contributed by atoms with Crippen molar-refractivity contribution in [3.05, 3.63) is 42.5 Å². The predicted molar refractivity (Wildman–Crippen MR) is 95.6 cm³/mol. The molecule has 26 heavy (non-hydrogen) atoms. The molecule has 1 atom stereocenters. The van der Waals surface area contributed by atoms with Gasteiger partial charge in [0, 0.05) is 32.1 Å². The summed E-state index contributed by atoms with van der Waals surface area (Å²) in [6, 6.07) is 5.13. The lowest BCUT2D eigenvalue weighted by atomic mass is 10.2. The standard InChI is InChI=1S/C18H23N5O3/c1-2-22(12-15-6-5-9-26-15)17(24)13-23-11-14(10-20-23)21-18(25)16-7-3-4-8-19-16/h3-4,7-8,10-11,15H,2,5-6,9,12-13H2,1H3,(H,21,25). The van der Waals surface area contributed by atoms with Gasteiger partial charge in [0.2, 0.25) is 5.91 Å². The minimum atomic E-state index is -0.315. The first-order valence-corrected chi connectivity index (χ1v) is 8.80. The van der Waals surface area contributed by atoms with Gasteiger partial charge in [-0.1, -0.05) is 6.07 Å². The Morgan fingerprint density at radius 2 is 2.31 bits per heavy atom. The molecule has 0 radical (unpaired) electrons. The first-order valence-electron chi connectivity index (χ1n) is 8.80. The van der Waals surface area contributed by atoms with Crippen LogP contribution in [-0.2, 0) is 16.1 Å². The molecule has 138 valence electrons. The smallest absolute Gasteiger partial charge is 0.274 e. The largest absolute Gasteiger partial charge is 0.376 e. The van der Waals surface area contributed by atoms with E-state index in [2.05, 4.69) is 15.4 Å².